The highest BCUT2D eigenvalue weighted by Crippen LogP contribution is 2.26. The van der Waals surface area contributed by atoms with Gasteiger partial charge in [0, 0.05) is 18.1 Å². The third kappa shape index (κ3) is 6.01. The van der Waals surface area contributed by atoms with Crippen LogP contribution in [0.25, 0.3) is 11.1 Å². The smallest absolute Gasteiger partial charge is 0.406 e. The van der Waals surface area contributed by atoms with Gasteiger partial charge in [0.1, 0.15) is 5.75 Å². The Hall–Kier alpha value is -2.50. The maximum absolute atomic E-state index is 12.2. The van der Waals surface area contributed by atoms with Crippen LogP contribution in [0.1, 0.15) is 11.1 Å². The summed E-state index contributed by atoms with van der Waals surface area (Å²) in [5.74, 6) is -0.228. The molecule has 3 aromatic carbocycles. The maximum atomic E-state index is 12.2. The van der Waals surface area contributed by atoms with Crippen molar-refractivity contribution in [1.82, 2.24) is 5.32 Å². The zero-order valence-electron chi connectivity index (χ0n) is 14.3. The summed E-state index contributed by atoms with van der Waals surface area (Å²) >= 11 is 5.87. The van der Waals surface area contributed by atoms with E-state index in [1.807, 2.05) is 48.5 Å². The fourth-order valence-corrected chi connectivity index (χ4v) is 2.74. The van der Waals surface area contributed by atoms with Crippen molar-refractivity contribution in [1.29, 1.82) is 0 Å². The molecule has 6 heteroatoms. The lowest BCUT2D eigenvalue weighted by Gasteiger charge is -2.10. The van der Waals surface area contributed by atoms with Gasteiger partial charge in [0.15, 0.2) is 0 Å². The normalized spacial score (nSPS) is 11.4. The van der Waals surface area contributed by atoms with Gasteiger partial charge in [-0.05, 0) is 46.5 Å². The van der Waals surface area contributed by atoms with Crippen LogP contribution in [-0.2, 0) is 13.1 Å². The lowest BCUT2D eigenvalue weighted by Crippen LogP contribution is -2.16. The molecule has 0 aromatic heterocycles. The number of alkyl halides is 3. The molecular formula is C21H17ClF3NO. The van der Waals surface area contributed by atoms with Gasteiger partial charge in [-0.3, -0.25) is 0 Å². The predicted octanol–water partition coefficient (Wildman–Crippen LogP) is 6.20. The van der Waals surface area contributed by atoms with Crippen LogP contribution in [0.5, 0.6) is 5.75 Å². The molecule has 0 aliphatic rings. The number of nitrogens with one attached hydrogen (secondary N) is 1. The minimum Gasteiger partial charge on any atom is -0.406 e. The van der Waals surface area contributed by atoms with Gasteiger partial charge in [-0.2, -0.15) is 0 Å². The average Bonchev–Trinajstić information content (AvgIpc) is 2.63. The first-order valence-corrected chi connectivity index (χ1v) is 8.67. The first-order valence-electron chi connectivity index (χ1n) is 8.29. The second-order valence-corrected chi connectivity index (χ2v) is 6.44. The van der Waals surface area contributed by atoms with E-state index in [-0.39, 0.29) is 5.75 Å². The summed E-state index contributed by atoms with van der Waals surface area (Å²) in [5.41, 5.74) is 4.02. The molecule has 3 rings (SSSR count). The third-order valence-electron chi connectivity index (χ3n) is 3.95. The Balaban J connectivity index is 1.56. The third-order valence-corrected chi connectivity index (χ3v) is 4.20. The maximum Gasteiger partial charge on any atom is 0.573 e. The Morgan fingerprint density at radius 3 is 1.63 bits per heavy atom. The highest BCUT2D eigenvalue weighted by Gasteiger charge is 2.30. The van der Waals surface area contributed by atoms with Crippen LogP contribution in [-0.4, -0.2) is 6.36 Å². The fraction of sp³-hybridized carbons (Fsp3) is 0.143. The van der Waals surface area contributed by atoms with E-state index in [2.05, 4.69) is 10.1 Å². The minimum atomic E-state index is -4.68. The molecule has 0 aliphatic carbocycles. The van der Waals surface area contributed by atoms with E-state index >= 15 is 0 Å². The largest absolute Gasteiger partial charge is 0.573 e. The van der Waals surface area contributed by atoms with Crippen LogP contribution in [0.2, 0.25) is 5.02 Å². The molecule has 140 valence electrons. The quantitative estimate of drug-likeness (QED) is 0.540. The number of rotatable bonds is 6. The summed E-state index contributed by atoms with van der Waals surface area (Å²) in [6.07, 6.45) is -4.68. The summed E-state index contributed by atoms with van der Waals surface area (Å²) in [5, 5.41) is 4.07. The molecule has 0 saturated heterocycles. The standard InChI is InChI=1S/C21H17ClF3NO/c22-19-9-3-16(4-10-19)14-26-13-15-1-5-17(6-2-15)18-7-11-20(12-8-18)27-21(23,24)25/h1-12,26H,13-14H2. The van der Waals surface area contributed by atoms with E-state index in [4.69, 9.17) is 11.6 Å². The molecule has 0 aliphatic heterocycles. The Bertz CT molecular complexity index is 860. The summed E-state index contributed by atoms with van der Waals surface area (Å²) in [7, 11) is 0. The van der Waals surface area contributed by atoms with E-state index in [1.165, 1.54) is 12.1 Å². The van der Waals surface area contributed by atoms with Crippen LogP contribution >= 0.6 is 11.6 Å². The summed E-state index contributed by atoms with van der Waals surface area (Å²) < 4.78 is 40.5. The molecule has 0 atom stereocenters. The average molecular weight is 392 g/mol. The number of hydrogen-bond acceptors (Lipinski definition) is 2. The SMILES string of the molecule is FC(F)(F)Oc1ccc(-c2ccc(CNCc3ccc(Cl)cc3)cc2)cc1. The van der Waals surface area contributed by atoms with Crippen LogP contribution in [0, 0.1) is 0 Å². The summed E-state index contributed by atoms with van der Waals surface area (Å²) in [6, 6.07) is 21.4. The summed E-state index contributed by atoms with van der Waals surface area (Å²) in [4.78, 5) is 0. The molecule has 0 heterocycles. The highest BCUT2D eigenvalue weighted by atomic mass is 35.5. The lowest BCUT2D eigenvalue weighted by atomic mass is 10.0. The van der Waals surface area contributed by atoms with Crippen LogP contribution in [0.3, 0.4) is 0 Å². The molecule has 27 heavy (non-hydrogen) atoms. The number of halogens is 4. The number of ether oxygens (including phenoxy) is 1. The van der Waals surface area contributed by atoms with E-state index < -0.39 is 6.36 Å². The Labute approximate surface area is 160 Å². The zero-order valence-corrected chi connectivity index (χ0v) is 15.0. The molecular weight excluding hydrogens is 375 g/mol. The number of benzene rings is 3. The second kappa shape index (κ2) is 8.46. The van der Waals surface area contributed by atoms with E-state index in [9.17, 15) is 13.2 Å². The molecule has 0 spiro atoms. The predicted molar refractivity (Wildman–Crippen MR) is 101 cm³/mol. The lowest BCUT2D eigenvalue weighted by molar-refractivity contribution is -0.274. The van der Waals surface area contributed by atoms with Crippen molar-refractivity contribution in [2.45, 2.75) is 19.5 Å². The van der Waals surface area contributed by atoms with Gasteiger partial charge in [0.25, 0.3) is 0 Å². The van der Waals surface area contributed by atoms with Gasteiger partial charge < -0.3 is 10.1 Å². The second-order valence-electron chi connectivity index (χ2n) is 6.00. The first-order chi connectivity index (χ1) is 12.9. The molecule has 0 bridgehead atoms. The Morgan fingerprint density at radius 1 is 0.704 bits per heavy atom. The van der Waals surface area contributed by atoms with E-state index in [0.717, 1.165) is 28.8 Å². The van der Waals surface area contributed by atoms with Crippen molar-refractivity contribution >= 4 is 11.6 Å². The van der Waals surface area contributed by atoms with Crippen molar-refractivity contribution in [3.8, 4) is 16.9 Å². The van der Waals surface area contributed by atoms with Gasteiger partial charge >= 0.3 is 6.36 Å². The Morgan fingerprint density at radius 2 is 1.15 bits per heavy atom. The van der Waals surface area contributed by atoms with Crippen LogP contribution < -0.4 is 10.1 Å². The van der Waals surface area contributed by atoms with Crippen molar-refractivity contribution in [3.63, 3.8) is 0 Å². The monoisotopic (exact) mass is 391 g/mol. The molecule has 0 amide bonds. The topological polar surface area (TPSA) is 21.3 Å². The fourth-order valence-electron chi connectivity index (χ4n) is 2.62. The molecule has 0 unspecified atom stereocenters. The number of hydrogen-bond donors (Lipinski definition) is 1. The minimum absolute atomic E-state index is 0.228. The van der Waals surface area contributed by atoms with E-state index in [0.29, 0.717) is 11.6 Å². The van der Waals surface area contributed by atoms with Crippen molar-refractivity contribution in [2.75, 3.05) is 0 Å². The van der Waals surface area contributed by atoms with Crippen LogP contribution in [0.4, 0.5) is 13.2 Å². The van der Waals surface area contributed by atoms with Gasteiger partial charge in [-0.15, -0.1) is 13.2 Å². The van der Waals surface area contributed by atoms with E-state index in [1.54, 1.807) is 12.1 Å². The van der Waals surface area contributed by atoms with Gasteiger partial charge in [0.05, 0.1) is 0 Å². The zero-order chi connectivity index (χ0) is 19.3. The summed E-state index contributed by atoms with van der Waals surface area (Å²) in [6.45, 7) is 1.45. The Kier molecular flexibility index (Phi) is 6.04. The van der Waals surface area contributed by atoms with Crippen molar-refractivity contribution in [3.05, 3.63) is 88.9 Å². The van der Waals surface area contributed by atoms with Crippen molar-refractivity contribution in [2.24, 2.45) is 0 Å². The molecule has 0 fully saturated rings. The molecule has 3 aromatic rings. The molecule has 2 nitrogen and oxygen atoms in total. The van der Waals surface area contributed by atoms with Crippen LogP contribution in [0.15, 0.2) is 72.8 Å². The van der Waals surface area contributed by atoms with Crippen molar-refractivity contribution < 1.29 is 17.9 Å². The van der Waals surface area contributed by atoms with Gasteiger partial charge in [-0.25, -0.2) is 0 Å². The first kappa shape index (κ1) is 19.3. The van der Waals surface area contributed by atoms with Gasteiger partial charge in [0.2, 0.25) is 0 Å². The molecule has 0 radical (unpaired) electrons. The molecule has 0 saturated carbocycles. The molecule has 1 N–H and O–H groups in total. The van der Waals surface area contributed by atoms with Gasteiger partial charge in [-0.1, -0.05) is 60.1 Å². The highest BCUT2D eigenvalue weighted by molar-refractivity contribution is 6.30.